The average molecular weight is 289 g/mol. The Hall–Kier alpha value is -1.43. The van der Waals surface area contributed by atoms with Crippen molar-refractivity contribution in [2.45, 2.75) is 31.0 Å². The standard InChI is InChI=1S/C16H23N3O2/c17-15(21)14(10-20)18-11-16(12-18)7-4-8-19(16)9-13-5-2-1-3-6-13/h1-3,5-6,14,20H,4,7-12H2,(H2,17,21)/t14-/m0/s1. The summed E-state index contributed by atoms with van der Waals surface area (Å²) in [5.74, 6) is -0.431. The molecule has 2 saturated heterocycles. The normalized spacial score (nSPS) is 23.1. The quantitative estimate of drug-likeness (QED) is 0.811. The monoisotopic (exact) mass is 289 g/mol. The van der Waals surface area contributed by atoms with Gasteiger partial charge in [-0.25, -0.2) is 0 Å². The molecule has 1 amide bonds. The van der Waals surface area contributed by atoms with Crippen LogP contribution in [0.4, 0.5) is 0 Å². The lowest BCUT2D eigenvalue weighted by atomic mass is 9.85. The molecule has 21 heavy (non-hydrogen) atoms. The van der Waals surface area contributed by atoms with Gasteiger partial charge in [-0.1, -0.05) is 30.3 Å². The van der Waals surface area contributed by atoms with Crippen molar-refractivity contribution >= 4 is 5.91 Å². The van der Waals surface area contributed by atoms with Crippen LogP contribution in [0.15, 0.2) is 30.3 Å². The van der Waals surface area contributed by atoms with E-state index < -0.39 is 11.9 Å². The molecule has 0 unspecified atom stereocenters. The van der Waals surface area contributed by atoms with Gasteiger partial charge in [0.05, 0.1) is 6.61 Å². The molecule has 2 aliphatic heterocycles. The molecule has 1 spiro atoms. The summed E-state index contributed by atoms with van der Waals surface area (Å²) in [4.78, 5) is 15.9. The number of aliphatic hydroxyl groups excluding tert-OH is 1. The number of benzene rings is 1. The largest absolute Gasteiger partial charge is 0.394 e. The van der Waals surface area contributed by atoms with Crippen molar-refractivity contribution < 1.29 is 9.90 Å². The first kappa shape index (κ1) is 14.5. The minimum atomic E-state index is -0.533. The summed E-state index contributed by atoms with van der Waals surface area (Å²) in [5.41, 5.74) is 6.84. The molecule has 0 radical (unpaired) electrons. The van der Waals surface area contributed by atoms with E-state index in [1.54, 1.807) is 0 Å². The van der Waals surface area contributed by atoms with Gasteiger partial charge in [-0.15, -0.1) is 0 Å². The van der Waals surface area contributed by atoms with Crippen molar-refractivity contribution in [1.29, 1.82) is 0 Å². The van der Waals surface area contributed by atoms with Crippen molar-refractivity contribution in [3.63, 3.8) is 0 Å². The third-order valence-corrected chi connectivity index (χ3v) is 4.89. The van der Waals surface area contributed by atoms with Gasteiger partial charge in [0.1, 0.15) is 6.04 Å². The van der Waals surface area contributed by atoms with Gasteiger partial charge in [-0.2, -0.15) is 0 Å². The van der Waals surface area contributed by atoms with E-state index in [-0.39, 0.29) is 12.1 Å². The number of likely N-dealkylation sites (tertiary alicyclic amines) is 2. The highest BCUT2D eigenvalue weighted by Gasteiger charge is 2.52. The number of primary amides is 1. The Morgan fingerprint density at radius 3 is 2.67 bits per heavy atom. The maximum Gasteiger partial charge on any atom is 0.237 e. The smallest absolute Gasteiger partial charge is 0.237 e. The lowest BCUT2D eigenvalue weighted by molar-refractivity contribution is -0.133. The molecular weight excluding hydrogens is 266 g/mol. The van der Waals surface area contributed by atoms with Gasteiger partial charge >= 0.3 is 0 Å². The molecule has 0 aliphatic carbocycles. The third kappa shape index (κ3) is 2.69. The van der Waals surface area contributed by atoms with Crippen LogP contribution in [0.25, 0.3) is 0 Å². The van der Waals surface area contributed by atoms with Crippen LogP contribution < -0.4 is 5.73 Å². The lowest BCUT2D eigenvalue weighted by Gasteiger charge is -2.54. The van der Waals surface area contributed by atoms with Gasteiger partial charge in [0.25, 0.3) is 0 Å². The van der Waals surface area contributed by atoms with Gasteiger partial charge in [-0.3, -0.25) is 14.6 Å². The van der Waals surface area contributed by atoms with Crippen molar-refractivity contribution in [1.82, 2.24) is 9.80 Å². The number of hydrogen-bond donors (Lipinski definition) is 2. The molecule has 2 heterocycles. The first-order valence-electron chi connectivity index (χ1n) is 7.58. The Morgan fingerprint density at radius 1 is 1.33 bits per heavy atom. The molecule has 2 aliphatic rings. The predicted octanol–water partition coefficient (Wildman–Crippen LogP) is 0.183. The second-order valence-electron chi connectivity index (χ2n) is 6.24. The molecule has 0 saturated carbocycles. The Kier molecular flexibility index (Phi) is 3.97. The van der Waals surface area contributed by atoms with Crippen LogP contribution in [0.2, 0.25) is 0 Å². The fraction of sp³-hybridized carbons (Fsp3) is 0.562. The van der Waals surface area contributed by atoms with E-state index >= 15 is 0 Å². The number of carbonyl (C=O) groups excluding carboxylic acids is 1. The topological polar surface area (TPSA) is 69.8 Å². The summed E-state index contributed by atoms with van der Waals surface area (Å²) in [6.45, 7) is 3.52. The highest BCUT2D eigenvalue weighted by atomic mass is 16.3. The summed E-state index contributed by atoms with van der Waals surface area (Å²) in [6.07, 6.45) is 2.36. The van der Waals surface area contributed by atoms with Crippen molar-refractivity contribution in [3.8, 4) is 0 Å². The predicted molar refractivity (Wildman–Crippen MR) is 80.5 cm³/mol. The lowest BCUT2D eigenvalue weighted by Crippen LogP contribution is -2.71. The molecule has 0 aromatic heterocycles. The number of hydrogen-bond acceptors (Lipinski definition) is 4. The second kappa shape index (κ2) is 5.75. The maximum absolute atomic E-state index is 11.3. The zero-order valence-electron chi connectivity index (χ0n) is 12.2. The van der Waals surface area contributed by atoms with Gasteiger partial charge < -0.3 is 10.8 Å². The summed E-state index contributed by atoms with van der Waals surface area (Å²) in [7, 11) is 0. The highest BCUT2D eigenvalue weighted by molar-refractivity contribution is 5.80. The SMILES string of the molecule is NC(=O)[C@H](CO)N1CC2(CCCN2Cc2ccccc2)C1. The molecule has 1 aromatic carbocycles. The first-order chi connectivity index (χ1) is 10.1. The Balaban J connectivity index is 1.65. The summed E-state index contributed by atoms with van der Waals surface area (Å²) in [5, 5.41) is 9.31. The van der Waals surface area contributed by atoms with E-state index in [0.29, 0.717) is 0 Å². The fourth-order valence-corrected chi connectivity index (χ4v) is 3.72. The third-order valence-electron chi connectivity index (χ3n) is 4.89. The number of aliphatic hydroxyl groups is 1. The number of amides is 1. The van der Waals surface area contributed by atoms with Crippen molar-refractivity contribution in [2.24, 2.45) is 5.73 Å². The molecular formula is C16H23N3O2. The summed E-state index contributed by atoms with van der Waals surface area (Å²) >= 11 is 0. The molecule has 2 fully saturated rings. The van der Waals surface area contributed by atoms with Gasteiger partial charge in [0.15, 0.2) is 0 Å². The van der Waals surface area contributed by atoms with Crippen molar-refractivity contribution in [2.75, 3.05) is 26.2 Å². The molecule has 1 atom stereocenters. The molecule has 0 bridgehead atoms. The number of carbonyl (C=O) groups is 1. The van der Waals surface area contributed by atoms with Crippen molar-refractivity contribution in [3.05, 3.63) is 35.9 Å². The number of rotatable bonds is 5. The van der Waals surface area contributed by atoms with Crippen LogP contribution >= 0.6 is 0 Å². The van der Waals surface area contributed by atoms with Crippen LogP contribution in [-0.4, -0.2) is 58.6 Å². The van der Waals surface area contributed by atoms with E-state index in [0.717, 1.165) is 32.6 Å². The van der Waals surface area contributed by atoms with Gasteiger partial charge in [0, 0.05) is 25.2 Å². The fourth-order valence-electron chi connectivity index (χ4n) is 3.72. The van der Waals surface area contributed by atoms with E-state index in [9.17, 15) is 9.90 Å². The molecule has 3 N–H and O–H groups in total. The number of nitrogens with zero attached hydrogens (tertiary/aromatic N) is 2. The minimum Gasteiger partial charge on any atom is -0.394 e. The highest BCUT2D eigenvalue weighted by Crippen LogP contribution is 2.39. The zero-order chi connectivity index (χ0) is 14.9. The number of nitrogens with two attached hydrogens (primary N) is 1. The van der Waals surface area contributed by atoms with Gasteiger partial charge in [-0.05, 0) is 24.9 Å². The molecule has 114 valence electrons. The molecule has 5 nitrogen and oxygen atoms in total. The molecule has 5 heteroatoms. The van der Waals surface area contributed by atoms with Crippen LogP contribution in [0.3, 0.4) is 0 Å². The minimum absolute atomic E-state index is 0.165. The van der Waals surface area contributed by atoms with Crippen LogP contribution in [0.1, 0.15) is 18.4 Å². The Morgan fingerprint density at radius 2 is 2.05 bits per heavy atom. The maximum atomic E-state index is 11.3. The molecule has 1 aromatic rings. The molecule has 3 rings (SSSR count). The first-order valence-corrected chi connectivity index (χ1v) is 7.58. The van der Waals surface area contributed by atoms with E-state index in [1.165, 1.54) is 12.0 Å². The zero-order valence-corrected chi connectivity index (χ0v) is 12.2. The van der Waals surface area contributed by atoms with Crippen LogP contribution in [0, 0.1) is 0 Å². The second-order valence-corrected chi connectivity index (χ2v) is 6.24. The average Bonchev–Trinajstić information content (AvgIpc) is 2.83. The summed E-state index contributed by atoms with van der Waals surface area (Å²) in [6, 6.07) is 9.95. The van der Waals surface area contributed by atoms with E-state index in [2.05, 4.69) is 29.2 Å². The van der Waals surface area contributed by atoms with Crippen LogP contribution in [0.5, 0.6) is 0 Å². The van der Waals surface area contributed by atoms with E-state index in [4.69, 9.17) is 5.73 Å². The Bertz CT molecular complexity index is 500. The van der Waals surface area contributed by atoms with Gasteiger partial charge in [0.2, 0.25) is 5.91 Å². The Labute approximate surface area is 125 Å². The van der Waals surface area contributed by atoms with Crippen LogP contribution in [-0.2, 0) is 11.3 Å². The van der Waals surface area contributed by atoms with E-state index in [1.807, 2.05) is 11.0 Å². The summed E-state index contributed by atoms with van der Waals surface area (Å²) < 4.78 is 0.